The molecule has 0 aromatic heterocycles. The van der Waals surface area contributed by atoms with Crippen molar-refractivity contribution in [1.29, 1.82) is 0 Å². The number of benzene rings is 1. The molecule has 10 heteroatoms. The highest BCUT2D eigenvalue weighted by Crippen LogP contribution is 2.24. The van der Waals surface area contributed by atoms with E-state index in [0.717, 1.165) is 12.1 Å². The summed E-state index contributed by atoms with van der Waals surface area (Å²) in [6.07, 6.45) is 0.102. The molecule has 0 spiro atoms. The SMILES string of the molecule is CC(C)C[C@@H](NS(=O)(=O)c1cc(Br)cc([N+](=O)[O-])c1)C(=O)O. The van der Waals surface area contributed by atoms with Crippen LogP contribution in [-0.4, -0.2) is 30.5 Å². The zero-order valence-electron chi connectivity index (χ0n) is 11.8. The number of nitro benzene ring substituents is 1. The van der Waals surface area contributed by atoms with Crippen LogP contribution in [0.2, 0.25) is 0 Å². The van der Waals surface area contributed by atoms with Gasteiger partial charge in [-0.25, -0.2) is 8.42 Å². The summed E-state index contributed by atoms with van der Waals surface area (Å²) >= 11 is 3.00. The van der Waals surface area contributed by atoms with Gasteiger partial charge >= 0.3 is 5.97 Å². The average molecular weight is 395 g/mol. The summed E-state index contributed by atoms with van der Waals surface area (Å²) in [7, 11) is -4.19. The minimum atomic E-state index is -4.19. The number of nitrogens with one attached hydrogen (secondary N) is 1. The molecule has 0 heterocycles. The first-order valence-corrected chi connectivity index (χ1v) is 8.50. The first-order chi connectivity index (χ1) is 10.0. The second-order valence-electron chi connectivity index (χ2n) is 5.04. The van der Waals surface area contributed by atoms with Crippen molar-refractivity contribution in [2.45, 2.75) is 31.2 Å². The molecule has 0 fully saturated rings. The van der Waals surface area contributed by atoms with Gasteiger partial charge in [-0.3, -0.25) is 14.9 Å². The molecule has 0 amide bonds. The van der Waals surface area contributed by atoms with E-state index in [2.05, 4.69) is 20.7 Å². The lowest BCUT2D eigenvalue weighted by Gasteiger charge is -2.16. The van der Waals surface area contributed by atoms with Gasteiger partial charge < -0.3 is 5.11 Å². The molecule has 0 unspecified atom stereocenters. The van der Waals surface area contributed by atoms with Crippen molar-refractivity contribution in [3.8, 4) is 0 Å². The highest BCUT2D eigenvalue weighted by molar-refractivity contribution is 9.10. The van der Waals surface area contributed by atoms with E-state index in [9.17, 15) is 23.3 Å². The fourth-order valence-corrected chi connectivity index (χ4v) is 3.63. The number of halogens is 1. The van der Waals surface area contributed by atoms with Crippen LogP contribution >= 0.6 is 15.9 Å². The smallest absolute Gasteiger partial charge is 0.321 e. The lowest BCUT2D eigenvalue weighted by atomic mass is 10.1. The Hall–Kier alpha value is -1.52. The molecule has 8 nitrogen and oxygen atoms in total. The zero-order valence-corrected chi connectivity index (χ0v) is 14.2. The molecule has 1 aromatic rings. The van der Waals surface area contributed by atoms with Crippen LogP contribution in [-0.2, 0) is 14.8 Å². The maximum Gasteiger partial charge on any atom is 0.321 e. The standard InChI is InChI=1S/C12H15BrN2O6S/c1-7(2)3-11(12(16)17)14-22(20,21)10-5-8(13)4-9(6-10)15(18)19/h4-7,11,14H,3H2,1-2H3,(H,16,17)/t11-/m1/s1. The number of carbonyl (C=O) groups is 1. The molecule has 0 bridgehead atoms. The van der Waals surface area contributed by atoms with E-state index in [0.29, 0.717) is 0 Å². The van der Waals surface area contributed by atoms with E-state index < -0.39 is 32.6 Å². The number of rotatable bonds is 7. The van der Waals surface area contributed by atoms with Crippen molar-refractivity contribution in [2.75, 3.05) is 0 Å². The molecule has 1 rings (SSSR count). The van der Waals surface area contributed by atoms with Crippen molar-refractivity contribution in [2.24, 2.45) is 5.92 Å². The molecule has 1 atom stereocenters. The summed E-state index contributed by atoms with van der Waals surface area (Å²) in [5, 5.41) is 19.9. The molecular weight excluding hydrogens is 380 g/mol. The molecule has 122 valence electrons. The van der Waals surface area contributed by atoms with Crippen molar-refractivity contribution in [3.63, 3.8) is 0 Å². The molecule has 22 heavy (non-hydrogen) atoms. The monoisotopic (exact) mass is 394 g/mol. The van der Waals surface area contributed by atoms with E-state index in [1.165, 1.54) is 6.07 Å². The van der Waals surface area contributed by atoms with E-state index >= 15 is 0 Å². The minimum absolute atomic E-state index is 0.0411. The van der Waals surface area contributed by atoms with Crippen LogP contribution in [0.15, 0.2) is 27.6 Å². The molecular formula is C12H15BrN2O6S. The Labute approximate surface area is 135 Å². The Bertz CT molecular complexity index is 689. The average Bonchev–Trinajstić information content (AvgIpc) is 2.36. The van der Waals surface area contributed by atoms with Gasteiger partial charge in [-0.15, -0.1) is 0 Å². The third-order valence-corrected chi connectivity index (χ3v) is 4.59. The second-order valence-corrected chi connectivity index (χ2v) is 7.67. The number of hydrogen-bond donors (Lipinski definition) is 2. The van der Waals surface area contributed by atoms with Crippen LogP contribution in [0.3, 0.4) is 0 Å². The Morgan fingerprint density at radius 3 is 2.45 bits per heavy atom. The molecule has 0 aliphatic rings. The fourth-order valence-electron chi connectivity index (χ4n) is 1.73. The Morgan fingerprint density at radius 2 is 2.00 bits per heavy atom. The molecule has 0 radical (unpaired) electrons. The number of carboxylic acids is 1. The lowest BCUT2D eigenvalue weighted by Crippen LogP contribution is -2.41. The van der Waals surface area contributed by atoms with Crippen molar-refractivity contribution < 1.29 is 23.2 Å². The number of sulfonamides is 1. The molecule has 0 aliphatic heterocycles. The van der Waals surface area contributed by atoms with Crippen LogP contribution in [0.1, 0.15) is 20.3 Å². The Balaban J connectivity index is 3.18. The van der Waals surface area contributed by atoms with Crippen molar-refractivity contribution in [3.05, 3.63) is 32.8 Å². The van der Waals surface area contributed by atoms with Gasteiger partial charge in [-0.2, -0.15) is 4.72 Å². The van der Waals surface area contributed by atoms with Crippen LogP contribution in [0.25, 0.3) is 0 Å². The molecule has 0 aliphatic carbocycles. The van der Waals surface area contributed by atoms with Gasteiger partial charge in [0.05, 0.1) is 9.82 Å². The first kappa shape index (κ1) is 18.5. The molecule has 0 saturated carbocycles. The van der Waals surface area contributed by atoms with Gasteiger partial charge in [0, 0.05) is 16.6 Å². The quantitative estimate of drug-likeness (QED) is 0.538. The third kappa shape index (κ3) is 5.04. The predicted octanol–water partition coefficient (Wildman–Crippen LogP) is 2.13. The predicted molar refractivity (Wildman–Crippen MR) is 82.0 cm³/mol. The maximum atomic E-state index is 12.2. The number of nitro groups is 1. The first-order valence-electron chi connectivity index (χ1n) is 6.23. The second kappa shape index (κ2) is 7.16. The molecule has 1 aromatic carbocycles. The minimum Gasteiger partial charge on any atom is -0.480 e. The van der Waals surface area contributed by atoms with Crippen LogP contribution in [0.5, 0.6) is 0 Å². The fraction of sp³-hybridized carbons (Fsp3) is 0.417. The van der Waals surface area contributed by atoms with Crippen molar-refractivity contribution >= 4 is 37.6 Å². The van der Waals surface area contributed by atoms with Crippen LogP contribution < -0.4 is 4.72 Å². The Kier molecular flexibility index (Phi) is 6.03. The summed E-state index contributed by atoms with van der Waals surface area (Å²) in [5.41, 5.74) is -0.412. The van der Waals surface area contributed by atoms with E-state index in [1.807, 2.05) is 0 Å². The number of hydrogen-bond acceptors (Lipinski definition) is 5. The maximum absolute atomic E-state index is 12.2. The van der Waals surface area contributed by atoms with Gasteiger partial charge in [-0.1, -0.05) is 29.8 Å². The summed E-state index contributed by atoms with van der Waals surface area (Å²) in [5.74, 6) is -1.34. The highest BCUT2D eigenvalue weighted by Gasteiger charge is 2.27. The van der Waals surface area contributed by atoms with Crippen LogP contribution in [0, 0.1) is 16.0 Å². The molecule has 2 N–H and O–H groups in total. The van der Waals surface area contributed by atoms with Gasteiger partial charge in [-0.05, 0) is 18.4 Å². The third-order valence-electron chi connectivity index (χ3n) is 2.68. The van der Waals surface area contributed by atoms with Crippen LogP contribution in [0.4, 0.5) is 5.69 Å². The van der Waals surface area contributed by atoms with Crippen molar-refractivity contribution in [1.82, 2.24) is 4.72 Å². The lowest BCUT2D eigenvalue weighted by molar-refractivity contribution is -0.385. The van der Waals surface area contributed by atoms with E-state index in [-0.39, 0.29) is 21.7 Å². The van der Waals surface area contributed by atoms with E-state index in [1.54, 1.807) is 13.8 Å². The number of non-ortho nitro benzene ring substituents is 1. The summed E-state index contributed by atoms with van der Waals surface area (Å²) in [6.45, 7) is 3.52. The summed E-state index contributed by atoms with van der Waals surface area (Å²) in [4.78, 5) is 20.8. The normalized spacial score (nSPS) is 13.1. The summed E-state index contributed by atoms with van der Waals surface area (Å²) in [6, 6.07) is 1.90. The number of nitrogens with zero attached hydrogens (tertiary/aromatic N) is 1. The highest BCUT2D eigenvalue weighted by atomic mass is 79.9. The van der Waals surface area contributed by atoms with Gasteiger partial charge in [0.1, 0.15) is 6.04 Å². The zero-order chi connectivity index (χ0) is 17.1. The van der Waals surface area contributed by atoms with E-state index in [4.69, 9.17) is 5.11 Å². The van der Waals surface area contributed by atoms with Gasteiger partial charge in [0.25, 0.3) is 5.69 Å². The van der Waals surface area contributed by atoms with Gasteiger partial charge in [0.2, 0.25) is 10.0 Å². The Morgan fingerprint density at radius 1 is 1.41 bits per heavy atom. The molecule has 0 saturated heterocycles. The topological polar surface area (TPSA) is 127 Å². The number of aliphatic carboxylic acids is 1. The summed E-state index contributed by atoms with van der Waals surface area (Å²) < 4.78 is 26.7. The number of carboxylic acid groups (broad SMARTS) is 1. The largest absolute Gasteiger partial charge is 0.480 e. The van der Waals surface area contributed by atoms with Gasteiger partial charge in [0.15, 0.2) is 0 Å².